The summed E-state index contributed by atoms with van der Waals surface area (Å²) >= 11 is 0. The number of carbonyl (C=O) groups is 3. The van der Waals surface area contributed by atoms with Crippen LogP contribution >= 0.6 is 0 Å². The molecule has 1 fully saturated rings. The van der Waals surface area contributed by atoms with E-state index in [0.29, 0.717) is 0 Å². The van der Waals surface area contributed by atoms with Crippen molar-refractivity contribution in [1.82, 2.24) is 15.5 Å². The van der Waals surface area contributed by atoms with Gasteiger partial charge in [-0.3, -0.25) is 19.7 Å². The first-order valence-electron chi connectivity index (χ1n) is 6.25. The Hall–Kier alpha value is -1.63. The average Bonchev–Trinajstić information content (AvgIpc) is 2.27. The molecule has 1 aliphatic heterocycles. The van der Waals surface area contributed by atoms with Gasteiger partial charge in [0.1, 0.15) is 6.04 Å². The van der Waals surface area contributed by atoms with Crippen LogP contribution in [-0.2, 0) is 14.4 Å². The molecular weight excluding hydrogens is 250 g/mol. The largest absolute Gasteiger partial charge is 0.481 e. The molecule has 0 aromatic rings. The predicted molar refractivity (Wildman–Crippen MR) is 68.5 cm³/mol. The van der Waals surface area contributed by atoms with Crippen LogP contribution in [-0.4, -0.2) is 59.0 Å². The summed E-state index contributed by atoms with van der Waals surface area (Å²) in [6.07, 6.45) is -0.0951. The van der Waals surface area contributed by atoms with Gasteiger partial charge in [0, 0.05) is 18.6 Å². The number of nitrogens with zero attached hydrogens (tertiary/aromatic N) is 1. The number of nitrogens with one attached hydrogen (secondary N) is 2. The quantitative estimate of drug-likeness (QED) is 0.620. The number of piperazine rings is 1. The molecule has 0 bridgehead atoms. The summed E-state index contributed by atoms with van der Waals surface area (Å²) < 4.78 is 0. The first-order chi connectivity index (χ1) is 8.71. The second-order valence-electron chi connectivity index (χ2n) is 5.54. The zero-order chi connectivity index (χ0) is 14.6. The molecule has 1 aliphatic rings. The molecule has 3 N–H and O–H groups in total. The number of amides is 2. The number of carboxylic acid groups (broad SMARTS) is 1. The summed E-state index contributed by atoms with van der Waals surface area (Å²) in [6, 6.07) is -0.495. The van der Waals surface area contributed by atoms with E-state index < -0.39 is 17.6 Å². The van der Waals surface area contributed by atoms with Crippen molar-refractivity contribution in [2.45, 2.75) is 38.8 Å². The van der Waals surface area contributed by atoms with E-state index >= 15 is 0 Å². The third-order valence-corrected chi connectivity index (χ3v) is 2.94. The Morgan fingerprint density at radius 3 is 2.47 bits per heavy atom. The van der Waals surface area contributed by atoms with Gasteiger partial charge in [0.2, 0.25) is 11.8 Å². The van der Waals surface area contributed by atoms with Crippen molar-refractivity contribution in [3.8, 4) is 0 Å². The van der Waals surface area contributed by atoms with Crippen molar-refractivity contribution in [1.29, 1.82) is 0 Å². The molecule has 0 saturated carbocycles. The highest BCUT2D eigenvalue weighted by Crippen LogP contribution is 2.15. The predicted octanol–water partition coefficient (Wildman–Crippen LogP) is -0.824. The van der Waals surface area contributed by atoms with Gasteiger partial charge in [0.15, 0.2) is 0 Å². The first kappa shape index (κ1) is 15.4. The molecule has 1 rings (SSSR count). The molecule has 7 nitrogen and oxygen atoms in total. The van der Waals surface area contributed by atoms with Gasteiger partial charge in [-0.2, -0.15) is 0 Å². The molecule has 19 heavy (non-hydrogen) atoms. The minimum absolute atomic E-state index is 0.0951. The van der Waals surface area contributed by atoms with E-state index in [1.54, 1.807) is 0 Å². The van der Waals surface area contributed by atoms with Crippen LogP contribution < -0.4 is 10.6 Å². The molecule has 108 valence electrons. The summed E-state index contributed by atoms with van der Waals surface area (Å²) in [4.78, 5) is 35.6. The highest BCUT2D eigenvalue weighted by molar-refractivity contribution is 5.87. The van der Waals surface area contributed by atoms with E-state index in [2.05, 4.69) is 10.6 Å². The molecule has 1 heterocycles. The average molecular weight is 271 g/mol. The van der Waals surface area contributed by atoms with Crippen LogP contribution in [0.4, 0.5) is 0 Å². The van der Waals surface area contributed by atoms with Crippen LogP contribution in [0.3, 0.4) is 0 Å². The van der Waals surface area contributed by atoms with Crippen molar-refractivity contribution in [2.24, 2.45) is 0 Å². The lowest BCUT2D eigenvalue weighted by Gasteiger charge is -2.38. The minimum atomic E-state index is -0.938. The summed E-state index contributed by atoms with van der Waals surface area (Å²) in [6.45, 7) is 6.06. The van der Waals surface area contributed by atoms with E-state index in [-0.39, 0.29) is 37.9 Å². The van der Waals surface area contributed by atoms with Crippen molar-refractivity contribution in [3.63, 3.8) is 0 Å². The van der Waals surface area contributed by atoms with Gasteiger partial charge in [-0.05, 0) is 20.8 Å². The number of hydrogen-bond acceptors (Lipinski definition) is 4. The van der Waals surface area contributed by atoms with Crippen LogP contribution in [0, 0.1) is 0 Å². The van der Waals surface area contributed by atoms with Crippen LogP contribution in [0.1, 0.15) is 27.2 Å². The Balaban J connectivity index is 2.71. The van der Waals surface area contributed by atoms with Crippen LogP contribution in [0.15, 0.2) is 0 Å². The van der Waals surface area contributed by atoms with Gasteiger partial charge < -0.3 is 15.3 Å². The number of hydrogen-bond donors (Lipinski definition) is 3. The fraction of sp³-hybridized carbons (Fsp3) is 0.750. The van der Waals surface area contributed by atoms with Gasteiger partial charge >= 0.3 is 5.97 Å². The highest BCUT2D eigenvalue weighted by Gasteiger charge is 2.33. The molecule has 0 aromatic heterocycles. The van der Waals surface area contributed by atoms with Crippen LogP contribution in [0.25, 0.3) is 0 Å². The molecule has 7 heteroatoms. The summed E-state index contributed by atoms with van der Waals surface area (Å²) in [5.41, 5.74) is -0.463. The lowest BCUT2D eigenvalue weighted by molar-refractivity contribution is -0.142. The molecule has 0 aliphatic carbocycles. The maximum atomic E-state index is 12.4. The van der Waals surface area contributed by atoms with Gasteiger partial charge in [-0.1, -0.05) is 0 Å². The fourth-order valence-electron chi connectivity index (χ4n) is 1.91. The Morgan fingerprint density at radius 2 is 2.05 bits per heavy atom. The smallest absolute Gasteiger partial charge is 0.305 e. The molecular formula is C12H21N3O4. The Labute approximate surface area is 112 Å². The van der Waals surface area contributed by atoms with Crippen LogP contribution in [0.2, 0.25) is 0 Å². The van der Waals surface area contributed by atoms with Crippen molar-refractivity contribution >= 4 is 17.8 Å². The molecule has 2 amide bonds. The third-order valence-electron chi connectivity index (χ3n) is 2.94. The SMILES string of the molecule is CC(C)(C)N(CCC(=O)O)C(=O)C1CNC(=O)CN1. The van der Waals surface area contributed by atoms with E-state index in [1.807, 2.05) is 20.8 Å². The Bertz CT molecular complexity index is 366. The van der Waals surface area contributed by atoms with Crippen molar-refractivity contribution < 1.29 is 19.5 Å². The minimum Gasteiger partial charge on any atom is -0.481 e. The number of carbonyl (C=O) groups excluding carboxylic acids is 2. The van der Waals surface area contributed by atoms with Gasteiger partial charge in [-0.25, -0.2) is 0 Å². The zero-order valence-corrected chi connectivity index (χ0v) is 11.5. The number of aliphatic carboxylic acids is 1. The van der Waals surface area contributed by atoms with E-state index in [9.17, 15) is 14.4 Å². The third kappa shape index (κ3) is 4.51. The van der Waals surface area contributed by atoms with Crippen molar-refractivity contribution in [2.75, 3.05) is 19.6 Å². The summed E-state index contributed by atoms with van der Waals surface area (Å²) in [7, 11) is 0. The zero-order valence-electron chi connectivity index (χ0n) is 11.5. The fourth-order valence-corrected chi connectivity index (χ4v) is 1.91. The highest BCUT2D eigenvalue weighted by atomic mass is 16.4. The second kappa shape index (κ2) is 6.01. The Morgan fingerprint density at radius 1 is 1.42 bits per heavy atom. The second-order valence-corrected chi connectivity index (χ2v) is 5.54. The lowest BCUT2D eigenvalue weighted by Crippen LogP contribution is -2.61. The lowest BCUT2D eigenvalue weighted by atomic mass is 10.0. The normalized spacial score (nSPS) is 19.7. The molecule has 0 spiro atoms. The van der Waals surface area contributed by atoms with E-state index in [1.165, 1.54) is 4.90 Å². The molecule has 0 aromatic carbocycles. The van der Waals surface area contributed by atoms with Crippen molar-refractivity contribution in [3.05, 3.63) is 0 Å². The van der Waals surface area contributed by atoms with Gasteiger partial charge in [0.25, 0.3) is 0 Å². The van der Waals surface area contributed by atoms with Crippen LogP contribution in [0.5, 0.6) is 0 Å². The molecule has 1 saturated heterocycles. The van der Waals surface area contributed by atoms with E-state index in [0.717, 1.165) is 0 Å². The Kier molecular flexibility index (Phi) is 4.88. The van der Waals surface area contributed by atoms with E-state index in [4.69, 9.17) is 5.11 Å². The maximum Gasteiger partial charge on any atom is 0.305 e. The topological polar surface area (TPSA) is 98.7 Å². The summed E-state index contributed by atoms with van der Waals surface area (Å²) in [5.74, 6) is -1.27. The molecule has 0 radical (unpaired) electrons. The van der Waals surface area contributed by atoms with Gasteiger partial charge in [0.05, 0.1) is 13.0 Å². The number of carboxylic acids is 1. The maximum absolute atomic E-state index is 12.4. The molecule has 1 atom stereocenters. The monoisotopic (exact) mass is 271 g/mol. The first-order valence-corrected chi connectivity index (χ1v) is 6.25. The standard InChI is InChI=1S/C12H21N3O4/c1-12(2,3)15(5-4-10(17)18)11(19)8-6-14-9(16)7-13-8/h8,13H,4-7H2,1-3H3,(H,14,16)(H,17,18). The molecule has 1 unspecified atom stereocenters. The number of rotatable bonds is 4. The summed E-state index contributed by atoms with van der Waals surface area (Å²) in [5, 5.41) is 14.2. The van der Waals surface area contributed by atoms with Gasteiger partial charge in [-0.15, -0.1) is 0 Å².